The molecule has 2 aromatic rings. The number of carbonyl (C=O) groups is 1. The van der Waals surface area contributed by atoms with E-state index in [0.717, 1.165) is 49.3 Å². The Balaban J connectivity index is 1.48. The van der Waals surface area contributed by atoms with E-state index in [2.05, 4.69) is 40.0 Å². The van der Waals surface area contributed by atoms with Crippen molar-refractivity contribution in [2.45, 2.75) is 50.2 Å². The number of hydrogen-bond donors (Lipinski definition) is 2. The molecule has 2 saturated heterocycles. The Morgan fingerprint density at radius 1 is 0.867 bits per heavy atom. The van der Waals surface area contributed by atoms with Crippen molar-refractivity contribution in [2.75, 3.05) is 20.8 Å². The van der Waals surface area contributed by atoms with Gasteiger partial charge in [-0.25, -0.2) is 10.9 Å². The number of hydrazine groups is 1. The maximum atomic E-state index is 13.5. The molecular weight excluding hydrogens is 378 g/mol. The van der Waals surface area contributed by atoms with Gasteiger partial charge in [0.25, 0.3) is 0 Å². The second kappa shape index (κ2) is 9.49. The number of rotatable bonds is 5. The molecule has 2 heterocycles. The van der Waals surface area contributed by atoms with Crippen LogP contribution < -0.4 is 20.3 Å². The van der Waals surface area contributed by atoms with E-state index in [1.807, 2.05) is 24.3 Å². The summed E-state index contributed by atoms with van der Waals surface area (Å²) in [5, 5.41) is 0. The summed E-state index contributed by atoms with van der Waals surface area (Å²) in [5.74, 6) is 1.86. The molecule has 0 saturated carbocycles. The number of ether oxygens (including phenoxy) is 2. The van der Waals surface area contributed by atoms with Gasteiger partial charge in [-0.05, 0) is 54.7 Å². The van der Waals surface area contributed by atoms with Crippen molar-refractivity contribution in [1.82, 2.24) is 15.8 Å². The van der Waals surface area contributed by atoms with Gasteiger partial charge in [-0.3, -0.25) is 4.79 Å². The van der Waals surface area contributed by atoms with Gasteiger partial charge in [-0.15, -0.1) is 0 Å². The van der Waals surface area contributed by atoms with Gasteiger partial charge in [-0.2, -0.15) is 0 Å². The van der Waals surface area contributed by atoms with Gasteiger partial charge in [-0.1, -0.05) is 37.1 Å². The number of nitrogens with one attached hydrogen (secondary N) is 2. The van der Waals surface area contributed by atoms with E-state index in [1.165, 1.54) is 12.0 Å². The zero-order chi connectivity index (χ0) is 20.9. The monoisotopic (exact) mass is 409 g/mol. The van der Waals surface area contributed by atoms with Gasteiger partial charge in [0.2, 0.25) is 5.91 Å². The lowest BCUT2D eigenvalue weighted by molar-refractivity contribution is -0.135. The Labute approximate surface area is 178 Å². The Hall–Kier alpha value is -2.57. The molecule has 1 amide bonds. The molecule has 4 rings (SSSR count). The van der Waals surface area contributed by atoms with Gasteiger partial charge in [0.1, 0.15) is 17.5 Å². The molecule has 0 aromatic heterocycles. The maximum Gasteiger partial charge on any atom is 0.241 e. The molecule has 0 bridgehead atoms. The fourth-order valence-corrected chi connectivity index (χ4v) is 4.52. The summed E-state index contributed by atoms with van der Waals surface area (Å²) in [6, 6.07) is 16.2. The van der Waals surface area contributed by atoms with Crippen LogP contribution in [0.15, 0.2) is 48.5 Å². The quantitative estimate of drug-likeness (QED) is 0.787. The Bertz CT molecular complexity index is 838. The minimum atomic E-state index is -0.226. The van der Waals surface area contributed by atoms with Crippen LogP contribution >= 0.6 is 0 Å². The van der Waals surface area contributed by atoms with E-state index in [1.54, 1.807) is 14.2 Å². The number of carbonyl (C=O) groups excluding carboxylic acids is 1. The standard InChI is InChI=1S/C24H31N3O3/c1-29-19-11-7-17(8-12-19)21-16-22(26-25-21)24(28)27-15-5-3-4-6-23(27)18-9-13-20(30-2)14-10-18/h7-14,21-23,25-26H,3-6,15-16H2,1-2H3. The molecule has 0 spiro atoms. The third kappa shape index (κ3) is 4.45. The van der Waals surface area contributed by atoms with E-state index < -0.39 is 0 Å². The van der Waals surface area contributed by atoms with Gasteiger partial charge < -0.3 is 14.4 Å². The van der Waals surface area contributed by atoms with Crippen molar-refractivity contribution in [3.05, 3.63) is 59.7 Å². The fraction of sp³-hybridized carbons (Fsp3) is 0.458. The van der Waals surface area contributed by atoms with E-state index in [0.29, 0.717) is 0 Å². The number of hydrogen-bond acceptors (Lipinski definition) is 5. The second-order valence-corrected chi connectivity index (χ2v) is 8.07. The number of likely N-dealkylation sites (tertiary alicyclic amines) is 1. The van der Waals surface area contributed by atoms with Crippen LogP contribution in [0.25, 0.3) is 0 Å². The Kier molecular flexibility index (Phi) is 6.55. The van der Waals surface area contributed by atoms with Crippen LogP contribution in [0.1, 0.15) is 55.3 Å². The van der Waals surface area contributed by atoms with Gasteiger partial charge in [0, 0.05) is 12.6 Å². The smallest absolute Gasteiger partial charge is 0.241 e. The average Bonchev–Trinajstić information content (AvgIpc) is 3.17. The average molecular weight is 410 g/mol. The topological polar surface area (TPSA) is 62.8 Å². The highest BCUT2D eigenvalue weighted by molar-refractivity contribution is 5.82. The van der Waals surface area contributed by atoms with Crippen LogP contribution in [0, 0.1) is 0 Å². The number of amides is 1. The van der Waals surface area contributed by atoms with E-state index in [9.17, 15) is 4.79 Å². The molecule has 2 aliphatic heterocycles. The van der Waals surface area contributed by atoms with Crippen molar-refractivity contribution in [3.8, 4) is 11.5 Å². The fourth-order valence-electron chi connectivity index (χ4n) is 4.52. The minimum Gasteiger partial charge on any atom is -0.497 e. The summed E-state index contributed by atoms with van der Waals surface area (Å²) in [5.41, 5.74) is 8.90. The number of methoxy groups -OCH3 is 2. The third-order valence-corrected chi connectivity index (χ3v) is 6.26. The zero-order valence-corrected chi connectivity index (χ0v) is 17.8. The van der Waals surface area contributed by atoms with Crippen molar-refractivity contribution in [3.63, 3.8) is 0 Å². The molecule has 30 heavy (non-hydrogen) atoms. The van der Waals surface area contributed by atoms with Crippen LogP contribution in [0.5, 0.6) is 11.5 Å². The molecule has 160 valence electrons. The number of benzene rings is 2. The first-order valence-electron chi connectivity index (χ1n) is 10.8. The van der Waals surface area contributed by atoms with Crippen LogP contribution in [0.4, 0.5) is 0 Å². The van der Waals surface area contributed by atoms with Crippen LogP contribution in [-0.2, 0) is 4.79 Å². The first-order valence-corrected chi connectivity index (χ1v) is 10.8. The van der Waals surface area contributed by atoms with E-state index in [-0.39, 0.29) is 24.0 Å². The molecule has 3 unspecified atom stereocenters. The molecule has 6 nitrogen and oxygen atoms in total. The van der Waals surface area contributed by atoms with Crippen LogP contribution in [-0.4, -0.2) is 37.6 Å². The van der Waals surface area contributed by atoms with Crippen molar-refractivity contribution in [1.29, 1.82) is 0 Å². The summed E-state index contributed by atoms with van der Waals surface area (Å²) < 4.78 is 10.5. The van der Waals surface area contributed by atoms with E-state index >= 15 is 0 Å². The predicted octanol–water partition coefficient (Wildman–Crippen LogP) is 3.76. The van der Waals surface area contributed by atoms with Crippen molar-refractivity contribution >= 4 is 5.91 Å². The molecule has 2 aliphatic rings. The summed E-state index contributed by atoms with van der Waals surface area (Å²) in [6.07, 6.45) is 5.10. The molecule has 2 fully saturated rings. The number of nitrogens with zero attached hydrogens (tertiary/aromatic N) is 1. The summed E-state index contributed by atoms with van der Waals surface area (Å²) in [7, 11) is 3.34. The molecule has 2 aromatic carbocycles. The predicted molar refractivity (Wildman–Crippen MR) is 116 cm³/mol. The molecule has 6 heteroatoms. The SMILES string of the molecule is COc1ccc(C2CC(C(=O)N3CCCCCC3c3ccc(OC)cc3)NN2)cc1. The molecule has 2 N–H and O–H groups in total. The molecular formula is C24H31N3O3. The van der Waals surface area contributed by atoms with Crippen molar-refractivity contribution < 1.29 is 14.3 Å². The van der Waals surface area contributed by atoms with Crippen LogP contribution in [0.3, 0.4) is 0 Å². The second-order valence-electron chi connectivity index (χ2n) is 8.07. The van der Waals surface area contributed by atoms with Gasteiger partial charge in [0.05, 0.1) is 20.3 Å². The normalized spacial score (nSPS) is 24.3. The largest absolute Gasteiger partial charge is 0.497 e. The first-order chi connectivity index (χ1) is 14.7. The Morgan fingerprint density at radius 2 is 1.50 bits per heavy atom. The summed E-state index contributed by atoms with van der Waals surface area (Å²) in [4.78, 5) is 15.6. The summed E-state index contributed by atoms with van der Waals surface area (Å²) >= 11 is 0. The highest BCUT2D eigenvalue weighted by atomic mass is 16.5. The third-order valence-electron chi connectivity index (χ3n) is 6.26. The summed E-state index contributed by atoms with van der Waals surface area (Å²) in [6.45, 7) is 0.806. The molecule has 0 aliphatic carbocycles. The highest BCUT2D eigenvalue weighted by Gasteiger charge is 2.36. The van der Waals surface area contributed by atoms with E-state index in [4.69, 9.17) is 9.47 Å². The zero-order valence-electron chi connectivity index (χ0n) is 17.8. The van der Waals surface area contributed by atoms with Gasteiger partial charge >= 0.3 is 0 Å². The maximum absolute atomic E-state index is 13.5. The Morgan fingerprint density at radius 3 is 2.13 bits per heavy atom. The van der Waals surface area contributed by atoms with Gasteiger partial charge in [0.15, 0.2) is 0 Å². The highest BCUT2D eigenvalue weighted by Crippen LogP contribution is 2.33. The lowest BCUT2D eigenvalue weighted by atomic mass is 9.98. The lowest BCUT2D eigenvalue weighted by Gasteiger charge is -2.32. The minimum absolute atomic E-state index is 0.108. The molecule has 3 atom stereocenters. The first kappa shape index (κ1) is 20.7. The lowest BCUT2D eigenvalue weighted by Crippen LogP contribution is -2.47. The molecule has 0 radical (unpaired) electrons. The van der Waals surface area contributed by atoms with Crippen LogP contribution in [0.2, 0.25) is 0 Å². The van der Waals surface area contributed by atoms with Crippen molar-refractivity contribution in [2.24, 2.45) is 0 Å².